The topological polar surface area (TPSA) is 61.5 Å². The number of methoxy groups -OCH3 is 1. The average molecular weight is 451 g/mol. The molecule has 0 amide bonds. The zero-order chi connectivity index (χ0) is 20.8. The normalized spacial score (nSPS) is 11.2. The SMILES string of the molecule is CCc1nnc(SC)n1/N=C\c1ccc(OCc2ccc(Cl)c(Cl)c2)c(OC)c1. The number of thioether (sulfide) groups is 1. The fourth-order valence-electron chi connectivity index (χ4n) is 2.56. The van der Waals surface area contributed by atoms with Crippen molar-refractivity contribution in [2.24, 2.45) is 5.10 Å². The third-order valence-electron chi connectivity index (χ3n) is 4.06. The van der Waals surface area contributed by atoms with Crippen molar-refractivity contribution in [3.63, 3.8) is 0 Å². The lowest BCUT2D eigenvalue weighted by atomic mass is 10.2. The van der Waals surface area contributed by atoms with E-state index in [1.54, 1.807) is 30.1 Å². The van der Waals surface area contributed by atoms with Crippen molar-refractivity contribution in [3.8, 4) is 11.5 Å². The molecule has 0 fully saturated rings. The first-order chi connectivity index (χ1) is 14.0. The molecule has 0 atom stereocenters. The summed E-state index contributed by atoms with van der Waals surface area (Å²) in [4.78, 5) is 0. The molecule has 0 saturated carbocycles. The minimum atomic E-state index is 0.346. The summed E-state index contributed by atoms with van der Waals surface area (Å²) in [6.07, 6.45) is 4.43. The lowest BCUT2D eigenvalue weighted by Gasteiger charge is -2.12. The van der Waals surface area contributed by atoms with E-state index in [1.165, 1.54) is 11.8 Å². The summed E-state index contributed by atoms with van der Waals surface area (Å²) >= 11 is 13.5. The maximum atomic E-state index is 6.06. The van der Waals surface area contributed by atoms with Gasteiger partial charge in [0.25, 0.3) is 0 Å². The first kappa shape index (κ1) is 21.5. The van der Waals surface area contributed by atoms with Crippen molar-refractivity contribution in [2.45, 2.75) is 25.1 Å². The van der Waals surface area contributed by atoms with Gasteiger partial charge in [-0.3, -0.25) is 0 Å². The van der Waals surface area contributed by atoms with Crippen LogP contribution >= 0.6 is 35.0 Å². The second kappa shape index (κ2) is 10.0. The van der Waals surface area contributed by atoms with Gasteiger partial charge in [-0.2, -0.15) is 9.78 Å². The van der Waals surface area contributed by atoms with Gasteiger partial charge in [0, 0.05) is 6.42 Å². The van der Waals surface area contributed by atoms with Crippen LogP contribution in [0.2, 0.25) is 10.0 Å². The van der Waals surface area contributed by atoms with Crippen molar-refractivity contribution in [1.82, 2.24) is 14.9 Å². The second-order valence-corrected chi connectivity index (χ2v) is 7.55. The van der Waals surface area contributed by atoms with E-state index in [0.29, 0.717) is 28.2 Å². The smallest absolute Gasteiger partial charge is 0.211 e. The summed E-state index contributed by atoms with van der Waals surface area (Å²) in [6.45, 7) is 2.36. The van der Waals surface area contributed by atoms with Gasteiger partial charge in [0.1, 0.15) is 6.61 Å². The van der Waals surface area contributed by atoms with Crippen molar-refractivity contribution < 1.29 is 9.47 Å². The predicted molar refractivity (Wildman–Crippen MR) is 118 cm³/mol. The van der Waals surface area contributed by atoms with E-state index < -0.39 is 0 Å². The molecule has 0 unspecified atom stereocenters. The molecule has 0 saturated heterocycles. The molecule has 152 valence electrons. The Kier molecular flexibility index (Phi) is 7.41. The third kappa shape index (κ3) is 5.23. The molecule has 0 radical (unpaired) electrons. The fraction of sp³-hybridized carbons (Fsp3) is 0.250. The summed E-state index contributed by atoms with van der Waals surface area (Å²) in [5.41, 5.74) is 1.78. The highest BCUT2D eigenvalue weighted by atomic mass is 35.5. The van der Waals surface area contributed by atoms with Crippen molar-refractivity contribution in [2.75, 3.05) is 13.4 Å². The molecule has 0 N–H and O–H groups in total. The molecule has 6 nitrogen and oxygen atoms in total. The Bertz CT molecular complexity index is 1000. The van der Waals surface area contributed by atoms with Crippen LogP contribution < -0.4 is 9.47 Å². The summed E-state index contributed by atoms with van der Waals surface area (Å²) in [6, 6.07) is 11.0. The molecule has 1 aromatic heterocycles. The highest BCUT2D eigenvalue weighted by molar-refractivity contribution is 7.98. The highest BCUT2D eigenvalue weighted by Gasteiger charge is 2.09. The molecule has 29 heavy (non-hydrogen) atoms. The number of hydrogen-bond acceptors (Lipinski definition) is 6. The largest absolute Gasteiger partial charge is 0.493 e. The van der Waals surface area contributed by atoms with Crippen molar-refractivity contribution >= 4 is 41.2 Å². The monoisotopic (exact) mass is 450 g/mol. The van der Waals surface area contributed by atoms with Crippen LogP contribution in [0.3, 0.4) is 0 Å². The molecule has 2 aromatic carbocycles. The summed E-state index contributed by atoms with van der Waals surface area (Å²) in [5, 5.41) is 14.5. The van der Waals surface area contributed by atoms with Crippen LogP contribution in [0.1, 0.15) is 23.9 Å². The van der Waals surface area contributed by atoms with Gasteiger partial charge < -0.3 is 9.47 Å². The molecular weight excluding hydrogens is 431 g/mol. The maximum Gasteiger partial charge on any atom is 0.211 e. The Morgan fingerprint density at radius 2 is 1.93 bits per heavy atom. The van der Waals surface area contributed by atoms with E-state index in [0.717, 1.165) is 28.5 Å². The quantitative estimate of drug-likeness (QED) is 0.342. The van der Waals surface area contributed by atoms with Gasteiger partial charge in [-0.15, -0.1) is 10.2 Å². The van der Waals surface area contributed by atoms with Crippen LogP contribution in [0, 0.1) is 0 Å². The maximum absolute atomic E-state index is 6.06. The van der Waals surface area contributed by atoms with Gasteiger partial charge >= 0.3 is 0 Å². The molecule has 3 aromatic rings. The number of aromatic nitrogens is 3. The summed E-state index contributed by atoms with van der Waals surface area (Å²) in [7, 11) is 1.60. The predicted octanol–water partition coefficient (Wildman–Crippen LogP) is 5.34. The highest BCUT2D eigenvalue weighted by Crippen LogP contribution is 2.29. The van der Waals surface area contributed by atoms with Gasteiger partial charge in [0.05, 0.1) is 23.4 Å². The van der Waals surface area contributed by atoms with E-state index >= 15 is 0 Å². The number of hydrogen-bond donors (Lipinski definition) is 0. The van der Waals surface area contributed by atoms with Gasteiger partial charge in [-0.1, -0.05) is 48.0 Å². The van der Waals surface area contributed by atoms with Crippen molar-refractivity contribution in [3.05, 3.63) is 63.4 Å². The average Bonchev–Trinajstić information content (AvgIpc) is 3.15. The Morgan fingerprint density at radius 1 is 1.10 bits per heavy atom. The Balaban J connectivity index is 1.76. The molecule has 0 aliphatic rings. The minimum absolute atomic E-state index is 0.346. The van der Waals surface area contributed by atoms with Crippen LogP contribution in [0.15, 0.2) is 46.7 Å². The number of nitrogens with zero attached hydrogens (tertiary/aromatic N) is 4. The number of benzene rings is 2. The van der Waals surface area contributed by atoms with Gasteiger partial charge in [-0.25, -0.2) is 0 Å². The standard InChI is InChI=1S/C20H20Cl2N4O2S/c1-4-19-24-25-20(29-3)26(19)23-11-13-6-8-17(18(10-13)27-2)28-12-14-5-7-15(21)16(22)9-14/h5-11H,4,12H2,1-3H3/b23-11-. The van der Waals surface area contributed by atoms with E-state index in [2.05, 4.69) is 15.3 Å². The zero-order valence-electron chi connectivity index (χ0n) is 16.2. The third-order valence-corrected chi connectivity index (χ3v) is 5.42. The first-order valence-corrected chi connectivity index (χ1v) is 10.8. The number of halogens is 2. The molecule has 3 rings (SSSR count). The molecular formula is C20H20Cl2N4O2S. The van der Waals surface area contributed by atoms with Crippen LogP contribution in [0.5, 0.6) is 11.5 Å². The van der Waals surface area contributed by atoms with Crippen LogP contribution in [0.25, 0.3) is 0 Å². The molecule has 0 aliphatic heterocycles. The van der Waals surface area contributed by atoms with Crippen LogP contribution in [0.4, 0.5) is 0 Å². The number of aryl methyl sites for hydroxylation is 1. The van der Waals surface area contributed by atoms with Gasteiger partial charge in [0.15, 0.2) is 17.3 Å². The molecule has 9 heteroatoms. The van der Waals surface area contributed by atoms with Crippen LogP contribution in [-0.2, 0) is 13.0 Å². The zero-order valence-corrected chi connectivity index (χ0v) is 18.6. The molecule has 0 spiro atoms. The van der Waals surface area contributed by atoms with E-state index in [9.17, 15) is 0 Å². The summed E-state index contributed by atoms with van der Waals surface area (Å²) < 4.78 is 13.1. The fourth-order valence-corrected chi connectivity index (χ4v) is 3.33. The Morgan fingerprint density at radius 3 is 2.62 bits per heavy atom. The van der Waals surface area contributed by atoms with Crippen LogP contribution in [-0.4, -0.2) is 34.5 Å². The Labute approximate surface area is 183 Å². The summed E-state index contributed by atoms with van der Waals surface area (Å²) in [5.74, 6) is 2.04. The molecule has 1 heterocycles. The Hall–Kier alpha value is -2.22. The van der Waals surface area contributed by atoms with Gasteiger partial charge in [0.2, 0.25) is 5.16 Å². The molecule has 0 aliphatic carbocycles. The minimum Gasteiger partial charge on any atom is -0.493 e. The first-order valence-electron chi connectivity index (χ1n) is 8.83. The van der Waals surface area contributed by atoms with Crippen molar-refractivity contribution in [1.29, 1.82) is 0 Å². The van der Waals surface area contributed by atoms with Gasteiger partial charge in [-0.05, 0) is 47.7 Å². The van der Waals surface area contributed by atoms with E-state index in [1.807, 2.05) is 37.4 Å². The lowest BCUT2D eigenvalue weighted by Crippen LogP contribution is -2.00. The van der Waals surface area contributed by atoms with E-state index in [4.69, 9.17) is 32.7 Å². The number of rotatable bonds is 8. The molecule has 0 bridgehead atoms. The second-order valence-electron chi connectivity index (χ2n) is 5.96. The lowest BCUT2D eigenvalue weighted by molar-refractivity contribution is 0.284. The number of ether oxygens (including phenoxy) is 2. The van der Waals surface area contributed by atoms with E-state index in [-0.39, 0.29) is 0 Å².